The lowest BCUT2D eigenvalue weighted by Crippen LogP contribution is -2.31. The molecule has 11 heteroatoms. The molecule has 3 rings (SSSR count). The van der Waals surface area contributed by atoms with Crippen LogP contribution >= 0.6 is 34.5 Å². The Kier molecular flexibility index (Phi) is 7.66. The average molecular weight is 486 g/mol. The highest BCUT2D eigenvalue weighted by molar-refractivity contribution is 7.18. The molecule has 31 heavy (non-hydrogen) atoms. The smallest absolute Gasteiger partial charge is 0.165 e. The highest BCUT2D eigenvalue weighted by Gasteiger charge is 2.18. The monoisotopic (exact) mass is 485 g/mol. The molecule has 0 radical (unpaired) electrons. The zero-order valence-corrected chi connectivity index (χ0v) is 19.5. The number of aliphatic hydroxyl groups excluding tert-OH is 1. The van der Waals surface area contributed by atoms with Crippen molar-refractivity contribution in [3.8, 4) is 26.9 Å². The van der Waals surface area contributed by atoms with E-state index in [1.165, 1.54) is 23.5 Å². The molecule has 1 atom stereocenters. The van der Waals surface area contributed by atoms with Crippen molar-refractivity contribution in [3.05, 3.63) is 40.3 Å². The van der Waals surface area contributed by atoms with Crippen molar-refractivity contribution in [2.75, 3.05) is 25.2 Å². The van der Waals surface area contributed by atoms with Crippen LogP contribution in [0, 0.1) is 5.82 Å². The highest BCUT2D eigenvalue weighted by Crippen LogP contribution is 2.38. The lowest BCUT2D eigenvalue weighted by molar-refractivity contribution is 0.202. The predicted molar refractivity (Wildman–Crippen MR) is 123 cm³/mol. The summed E-state index contributed by atoms with van der Waals surface area (Å²) in [6.45, 7) is 3.79. The molecule has 1 unspecified atom stereocenters. The number of aliphatic hydroxyl groups is 1. The number of hydrogen-bond donors (Lipinski definition) is 2. The third-order valence-corrected chi connectivity index (χ3v) is 6.04. The molecular weight excluding hydrogens is 464 g/mol. The molecular formula is C20H22Cl2FN5O2S. The maximum absolute atomic E-state index is 14.5. The summed E-state index contributed by atoms with van der Waals surface area (Å²) in [4.78, 5) is 6.35. The van der Waals surface area contributed by atoms with Gasteiger partial charge in [-0.25, -0.2) is 9.37 Å². The lowest BCUT2D eigenvalue weighted by atomic mass is 10.2. The van der Waals surface area contributed by atoms with Gasteiger partial charge in [0.2, 0.25) is 0 Å². The van der Waals surface area contributed by atoms with Gasteiger partial charge < -0.3 is 20.5 Å². The molecule has 0 aliphatic rings. The minimum Gasteiger partial charge on any atom is -0.489 e. The first-order valence-electron chi connectivity index (χ1n) is 9.42. The molecule has 0 saturated heterocycles. The van der Waals surface area contributed by atoms with Gasteiger partial charge in [-0.2, -0.15) is 0 Å². The van der Waals surface area contributed by atoms with Gasteiger partial charge in [0.1, 0.15) is 27.6 Å². The number of pyridine rings is 1. The fraction of sp³-hybridized carbons (Fsp3) is 0.350. The Balaban J connectivity index is 1.90. The zero-order chi connectivity index (χ0) is 22.7. The van der Waals surface area contributed by atoms with Gasteiger partial charge >= 0.3 is 0 Å². The van der Waals surface area contributed by atoms with Crippen LogP contribution in [0.1, 0.15) is 13.8 Å². The number of hydrogen-bond acceptors (Lipinski definition) is 8. The summed E-state index contributed by atoms with van der Waals surface area (Å²) >= 11 is 13.8. The first-order valence-corrected chi connectivity index (χ1v) is 11.0. The van der Waals surface area contributed by atoms with Gasteiger partial charge in [-0.05, 0) is 32.0 Å². The van der Waals surface area contributed by atoms with E-state index >= 15 is 0 Å². The van der Waals surface area contributed by atoms with Gasteiger partial charge in [-0.1, -0.05) is 34.5 Å². The van der Waals surface area contributed by atoms with E-state index in [0.29, 0.717) is 26.5 Å². The van der Waals surface area contributed by atoms with E-state index in [-0.39, 0.29) is 30.0 Å². The van der Waals surface area contributed by atoms with Crippen LogP contribution in [-0.4, -0.2) is 52.6 Å². The Labute approximate surface area is 193 Å². The number of anilines is 1. The first-order chi connectivity index (χ1) is 14.7. The second-order valence-corrected chi connectivity index (χ2v) is 8.94. The molecule has 166 valence electrons. The Morgan fingerprint density at radius 1 is 1.19 bits per heavy atom. The predicted octanol–water partition coefficient (Wildman–Crippen LogP) is 4.26. The number of rotatable bonds is 8. The van der Waals surface area contributed by atoms with E-state index < -0.39 is 11.9 Å². The van der Waals surface area contributed by atoms with Crippen molar-refractivity contribution in [3.63, 3.8) is 0 Å². The Morgan fingerprint density at radius 2 is 1.90 bits per heavy atom. The molecule has 2 heterocycles. The van der Waals surface area contributed by atoms with Crippen molar-refractivity contribution < 1.29 is 14.2 Å². The molecule has 1 aromatic carbocycles. The summed E-state index contributed by atoms with van der Waals surface area (Å²) in [5.41, 5.74) is 6.72. The molecule has 0 saturated carbocycles. The molecule has 0 amide bonds. The van der Waals surface area contributed by atoms with Crippen LogP contribution in [0.3, 0.4) is 0 Å². The maximum Gasteiger partial charge on any atom is 0.165 e. The van der Waals surface area contributed by atoms with Crippen LogP contribution in [-0.2, 0) is 0 Å². The molecule has 3 aromatic rings. The Hall–Kier alpha value is -2.04. The third-order valence-electron chi connectivity index (χ3n) is 4.53. The summed E-state index contributed by atoms with van der Waals surface area (Å²) in [5.74, 6) is 0.0414. The summed E-state index contributed by atoms with van der Waals surface area (Å²) < 4.78 is 19.8. The molecule has 0 aliphatic carbocycles. The molecule has 7 nitrogen and oxygen atoms in total. The van der Waals surface area contributed by atoms with Gasteiger partial charge in [0.25, 0.3) is 0 Å². The Morgan fingerprint density at radius 3 is 2.58 bits per heavy atom. The van der Waals surface area contributed by atoms with Crippen molar-refractivity contribution >= 4 is 40.4 Å². The van der Waals surface area contributed by atoms with E-state index in [2.05, 4.69) is 15.2 Å². The van der Waals surface area contributed by atoms with E-state index in [9.17, 15) is 4.39 Å². The fourth-order valence-electron chi connectivity index (χ4n) is 2.55. The van der Waals surface area contributed by atoms with Crippen LogP contribution in [0.25, 0.3) is 21.1 Å². The minimum absolute atomic E-state index is 0.0397. The average Bonchev–Trinajstić information content (AvgIpc) is 3.22. The summed E-state index contributed by atoms with van der Waals surface area (Å²) in [5, 5.41) is 19.0. The third kappa shape index (κ3) is 5.61. The topological polar surface area (TPSA) is 97.4 Å². The van der Waals surface area contributed by atoms with E-state index in [1.54, 1.807) is 6.07 Å². The minimum atomic E-state index is -0.617. The van der Waals surface area contributed by atoms with Gasteiger partial charge in [-0.15, -0.1) is 10.2 Å². The standard InChI is InChI=1S/C20H22Cl2FN5O2S/c1-10(2)28(3)18-5-11(4-17(22)25-18)19-26-27-20(31-19)13-6-15(23)16(7-14(13)21)30-9-12(24)8-29/h4-7,10,12,29H,8-9,24H2,1-3H3. The molecule has 0 bridgehead atoms. The van der Waals surface area contributed by atoms with Crippen LogP contribution in [0.2, 0.25) is 10.2 Å². The lowest BCUT2D eigenvalue weighted by Gasteiger charge is -2.23. The number of halogens is 3. The van der Waals surface area contributed by atoms with Gasteiger partial charge in [-0.3, -0.25) is 0 Å². The second-order valence-electron chi connectivity index (χ2n) is 7.17. The molecule has 2 aromatic heterocycles. The zero-order valence-electron chi connectivity index (χ0n) is 17.1. The van der Waals surface area contributed by atoms with Crippen molar-refractivity contribution in [2.24, 2.45) is 5.73 Å². The quantitative estimate of drug-likeness (QED) is 0.460. The van der Waals surface area contributed by atoms with Crippen molar-refractivity contribution in [1.29, 1.82) is 0 Å². The number of benzene rings is 1. The van der Waals surface area contributed by atoms with E-state index in [1.807, 2.05) is 31.9 Å². The maximum atomic E-state index is 14.5. The number of nitrogens with zero attached hydrogens (tertiary/aromatic N) is 4. The highest BCUT2D eigenvalue weighted by atomic mass is 35.5. The van der Waals surface area contributed by atoms with E-state index in [4.69, 9.17) is 38.8 Å². The SMILES string of the molecule is CC(C)N(C)c1cc(-c2nnc(-c3cc(F)c(OCC(N)CO)cc3Cl)s2)cc(Cl)n1. The first kappa shape index (κ1) is 23.6. The fourth-order valence-corrected chi connectivity index (χ4v) is 3.92. The van der Waals surface area contributed by atoms with E-state index in [0.717, 1.165) is 5.56 Å². The van der Waals surface area contributed by atoms with Crippen molar-refractivity contribution in [1.82, 2.24) is 15.2 Å². The normalized spacial score (nSPS) is 12.3. The summed E-state index contributed by atoms with van der Waals surface area (Å²) in [6, 6.07) is 5.79. The number of nitrogens with two attached hydrogens (primary N) is 1. The second kappa shape index (κ2) is 10.1. The largest absolute Gasteiger partial charge is 0.489 e. The van der Waals surface area contributed by atoms with Gasteiger partial charge in [0, 0.05) is 30.3 Å². The molecule has 0 fully saturated rings. The molecule has 0 aliphatic heterocycles. The summed E-state index contributed by atoms with van der Waals surface area (Å²) in [6.07, 6.45) is 0. The van der Waals surface area contributed by atoms with Gasteiger partial charge in [0.05, 0.1) is 17.7 Å². The summed E-state index contributed by atoms with van der Waals surface area (Å²) in [7, 11) is 1.93. The van der Waals surface area contributed by atoms with Crippen LogP contribution in [0.15, 0.2) is 24.3 Å². The van der Waals surface area contributed by atoms with Crippen LogP contribution in [0.5, 0.6) is 5.75 Å². The number of ether oxygens (including phenoxy) is 1. The molecule has 0 spiro atoms. The van der Waals surface area contributed by atoms with Crippen molar-refractivity contribution in [2.45, 2.75) is 25.9 Å². The number of aromatic nitrogens is 3. The van der Waals surface area contributed by atoms with Gasteiger partial charge in [0.15, 0.2) is 11.6 Å². The van der Waals surface area contributed by atoms with Crippen LogP contribution < -0.4 is 15.4 Å². The van der Waals surface area contributed by atoms with Crippen LogP contribution in [0.4, 0.5) is 10.2 Å². The molecule has 3 N–H and O–H groups in total. The Bertz CT molecular complexity index is 1070.